The van der Waals surface area contributed by atoms with Crippen LogP contribution in [0.1, 0.15) is 27.2 Å². The van der Waals surface area contributed by atoms with Crippen LogP contribution in [0.3, 0.4) is 0 Å². The van der Waals surface area contributed by atoms with Gasteiger partial charge >= 0.3 is 11.8 Å². The fourth-order valence-corrected chi connectivity index (χ4v) is 1.95. The highest BCUT2D eigenvalue weighted by atomic mass is 35.5. The van der Waals surface area contributed by atoms with Crippen LogP contribution in [-0.4, -0.2) is 39.3 Å². The second kappa shape index (κ2) is 6.15. The Bertz CT molecular complexity index is 649. The van der Waals surface area contributed by atoms with Gasteiger partial charge in [0.1, 0.15) is 10.6 Å². The molecule has 23 heavy (non-hydrogen) atoms. The molecule has 0 radical (unpaired) electrons. The molecule has 0 bridgehead atoms. The number of halogens is 2. The molecule has 2 heterocycles. The molecule has 8 nitrogen and oxygen atoms in total. The maximum atomic E-state index is 13.4. The SMILES string of the molecule is CC(C)(C)OC(=O)N1CCC1Oc1nc(F)c(Cl)cc1[N+](=O)[O-]. The van der Waals surface area contributed by atoms with Gasteiger partial charge in [0.15, 0.2) is 6.23 Å². The summed E-state index contributed by atoms with van der Waals surface area (Å²) in [5.41, 5.74) is -1.26. The number of amides is 1. The molecule has 1 aromatic rings. The summed E-state index contributed by atoms with van der Waals surface area (Å²) in [5.74, 6) is -1.62. The van der Waals surface area contributed by atoms with Gasteiger partial charge in [-0.3, -0.25) is 15.0 Å². The Hall–Kier alpha value is -2.16. The maximum Gasteiger partial charge on any atom is 0.413 e. The summed E-state index contributed by atoms with van der Waals surface area (Å²) < 4.78 is 23.9. The quantitative estimate of drug-likeness (QED) is 0.473. The van der Waals surface area contributed by atoms with Gasteiger partial charge in [-0.1, -0.05) is 11.6 Å². The summed E-state index contributed by atoms with van der Waals surface area (Å²) in [6.45, 7) is 5.49. The average Bonchev–Trinajstić information content (AvgIpc) is 2.35. The molecule has 0 N–H and O–H groups in total. The normalized spacial score (nSPS) is 17.4. The molecular formula is C13H15ClFN3O5. The molecule has 0 spiro atoms. The zero-order chi connectivity index (χ0) is 17.4. The van der Waals surface area contributed by atoms with Crippen molar-refractivity contribution in [3.8, 4) is 5.88 Å². The topological polar surface area (TPSA) is 94.8 Å². The number of ether oxygens (including phenoxy) is 2. The van der Waals surface area contributed by atoms with Crippen LogP contribution in [-0.2, 0) is 4.74 Å². The van der Waals surface area contributed by atoms with Crippen molar-refractivity contribution in [1.82, 2.24) is 9.88 Å². The summed E-state index contributed by atoms with van der Waals surface area (Å²) in [6, 6.07) is 0.815. The standard InChI is InChI=1S/C13H15ClFN3O5/c1-13(2,3)23-12(19)17-5-4-9(17)22-11-8(18(20)21)6-7(14)10(15)16-11/h6,9H,4-5H2,1-3H3. The van der Waals surface area contributed by atoms with Gasteiger partial charge in [-0.15, -0.1) is 0 Å². The Labute approximate surface area is 136 Å². The lowest BCUT2D eigenvalue weighted by Gasteiger charge is -2.40. The zero-order valence-corrected chi connectivity index (χ0v) is 13.5. The molecule has 10 heteroatoms. The fourth-order valence-electron chi connectivity index (χ4n) is 1.80. The van der Waals surface area contributed by atoms with Gasteiger partial charge in [0.05, 0.1) is 4.92 Å². The zero-order valence-electron chi connectivity index (χ0n) is 12.7. The van der Waals surface area contributed by atoms with Crippen LogP contribution >= 0.6 is 11.6 Å². The Morgan fingerprint density at radius 3 is 2.70 bits per heavy atom. The molecule has 1 aliphatic rings. The number of hydrogen-bond donors (Lipinski definition) is 0. The van der Waals surface area contributed by atoms with E-state index < -0.39 is 45.4 Å². The van der Waals surface area contributed by atoms with Gasteiger partial charge in [-0.2, -0.15) is 9.37 Å². The van der Waals surface area contributed by atoms with Crippen LogP contribution in [0.4, 0.5) is 14.9 Å². The number of carbonyl (C=O) groups excluding carboxylic acids is 1. The van der Waals surface area contributed by atoms with Crippen LogP contribution in [0, 0.1) is 16.1 Å². The van der Waals surface area contributed by atoms with Gasteiger partial charge in [0.25, 0.3) is 5.88 Å². The molecule has 1 unspecified atom stereocenters. The van der Waals surface area contributed by atoms with Crippen molar-refractivity contribution in [2.45, 2.75) is 39.0 Å². The first-order chi connectivity index (χ1) is 10.6. The van der Waals surface area contributed by atoms with E-state index in [4.69, 9.17) is 21.1 Å². The van der Waals surface area contributed by atoms with E-state index in [9.17, 15) is 19.3 Å². The number of likely N-dealkylation sites (tertiary alicyclic amines) is 1. The maximum absolute atomic E-state index is 13.4. The molecule has 0 aliphatic carbocycles. The Morgan fingerprint density at radius 2 is 2.22 bits per heavy atom. The highest BCUT2D eigenvalue weighted by Gasteiger charge is 2.38. The van der Waals surface area contributed by atoms with Gasteiger partial charge in [-0.25, -0.2) is 4.79 Å². The average molecular weight is 348 g/mol. The predicted molar refractivity (Wildman–Crippen MR) is 77.8 cm³/mol. The molecule has 1 aromatic heterocycles. The third-order valence-corrected chi connectivity index (χ3v) is 3.18. The van der Waals surface area contributed by atoms with Crippen LogP contribution < -0.4 is 4.74 Å². The Balaban J connectivity index is 2.15. The second-order valence-electron chi connectivity index (χ2n) is 5.88. The molecular weight excluding hydrogens is 333 g/mol. The number of nitrogens with zero attached hydrogens (tertiary/aromatic N) is 3. The largest absolute Gasteiger partial charge is 0.448 e. The first-order valence-electron chi connectivity index (χ1n) is 6.75. The molecule has 1 fully saturated rings. The molecule has 0 saturated carbocycles. The molecule has 1 saturated heterocycles. The molecule has 1 amide bonds. The van der Waals surface area contributed by atoms with E-state index in [0.717, 1.165) is 6.07 Å². The highest BCUT2D eigenvalue weighted by molar-refractivity contribution is 6.30. The number of rotatable bonds is 3. The molecule has 126 valence electrons. The minimum absolute atomic E-state index is 0.365. The number of pyridine rings is 1. The van der Waals surface area contributed by atoms with Crippen molar-refractivity contribution < 1.29 is 23.6 Å². The summed E-state index contributed by atoms with van der Waals surface area (Å²) in [4.78, 5) is 26.7. The summed E-state index contributed by atoms with van der Waals surface area (Å²) in [7, 11) is 0. The summed E-state index contributed by atoms with van der Waals surface area (Å²) in [5, 5.41) is 10.5. The third-order valence-electron chi connectivity index (χ3n) is 2.92. The minimum atomic E-state index is -1.09. The number of carbonyl (C=O) groups is 1. The predicted octanol–water partition coefficient (Wildman–Crippen LogP) is 3.13. The van der Waals surface area contributed by atoms with Gasteiger partial charge < -0.3 is 9.47 Å². The number of nitro groups is 1. The third kappa shape index (κ3) is 3.98. The van der Waals surface area contributed by atoms with Crippen LogP contribution in [0.15, 0.2) is 6.07 Å². The van der Waals surface area contributed by atoms with Crippen molar-refractivity contribution in [3.05, 3.63) is 27.2 Å². The second-order valence-corrected chi connectivity index (χ2v) is 6.28. The molecule has 1 atom stereocenters. The van der Waals surface area contributed by atoms with Crippen LogP contribution in [0.25, 0.3) is 0 Å². The highest BCUT2D eigenvalue weighted by Crippen LogP contribution is 2.32. The molecule has 2 rings (SSSR count). The van der Waals surface area contributed by atoms with Crippen LogP contribution in [0.5, 0.6) is 5.88 Å². The molecule has 0 aromatic carbocycles. The first-order valence-corrected chi connectivity index (χ1v) is 7.13. The van der Waals surface area contributed by atoms with Gasteiger partial charge in [0.2, 0.25) is 5.95 Å². The number of aromatic nitrogens is 1. The van der Waals surface area contributed by atoms with Crippen molar-refractivity contribution >= 4 is 23.4 Å². The lowest BCUT2D eigenvalue weighted by Crippen LogP contribution is -2.55. The Kier molecular flexibility index (Phi) is 4.60. The molecule has 1 aliphatic heterocycles. The minimum Gasteiger partial charge on any atom is -0.448 e. The van der Waals surface area contributed by atoms with E-state index in [-0.39, 0.29) is 0 Å². The van der Waals surface area contributed by atoms with Gasteiger partial charge in [-0.05, 0) is 20.8 Å². The lowest BCUT2D eigenvalue weighted by atomic mass is 10.2. The van der Waals surface area contributed by atoms with E-state index in [0.29, 0.717) is 13.0 Å². The summed E-state index contributed by atoms with van der Waals surface area (Å²) in [6.07, 6.45) is -1.01. The monoisotopic (exact) mass is 347 g/mol. The van der Waals surface area contributed by atoms with Crippen molar-refractivity contribution in [1.29, 1.82) is 0 Å². The van der Waals surface area contributed by atoms with E-state index in [1.165, 1.54) is 4.90 Å². The van der Waals surface area contributed by atoms with Crippen molar-refractivity contribution in [3.63, 3.8) is 0 Å². The summed E-state index contributed by atoms with van der Waals surface area (Å²) >= 11 is 5.48. The van der Waals surface area contributed by atoms with Gasteiger partial charge in [0, 0.05) is 19.0 Å². The van der Waals surface area contributed by atoms with Crippen LogP contribution in [0.2, 0.25) is 5.02 Å². The Morgan fingerprint density at radius 1 is 1.57 bits per heavy atom. The van der Waals surface area contributed by atoms with E-state index in [1.807, 2.05) is 0 Å². The number of hydrogen-bond acceptors (Lipinski definition) is 6. The van der Waals surface area contributed by atoms with Crippen molar-refractivity contribution in [2.75, 3.05) is 6.54 Å². The van der Waals surface area contributed by atoms with E-state index >= 15 is 0 Å². The smallest absolute Gasteiger partial charge is 0.413 e. The van der Waals surface area contributed by atoms with Crippen molar-refractivity contribution in [2.24, 2.45) is 0 Å². The fraction of sp³-hybridized carbons (Fsp3) is 0.538. The first kappa shape index (κ1) is 17.2. The van der Waals surface area contributed by atoms with E-state index in [1.54, 1.807) is 20.8 Å². The lowest BCUT2D eigenvalue weighted by molar-refractivity contribution is -0.386. The van der Waals surface area contributed by atoms with E-state index in [2.05, 4.69) is 4.98 Å².